The molecule has 4 fully saturated rings. The van der Waals surface area contributed by atoms with E-state index in [1.165, 1.54) is 5.69 Å². The summed E-state index contributed by atoms with van der Waals surface area (Å²) in [6.07, 6.45) is 4.69. The average Bonchev–Trinajstić information content (AvgIpc) is 2.74. The summed E-state index contributed by atoms with van der Waals surface area (Å²) >= 11 is 0. The number of nitriles is 1. The Morgan fingerprint density at radius 1 is 1.16 bits per heavy atom. The van der Waals surface area contributed by atoms with Gasteiger partial charge in [-0.15, -0.1) is 0 Å². The minimum Gasteiger partial charge on any atom is -0.369 e. The molecule has 0 radical (unpaired) electrons. The predicted molar refractivity (Wildman–Crippen MR) is 119 cm³/mol. The van der Waals surface area contributed by atoms with E-state index < -0.39 is 0 Å². The van der Waals surface area contributed by atoms with Crippen LogP contribution >= 0.6 is 0 Å². The molecule has 3 aliphatic carbocycles. The molecule has 0 atom stereocenters. The molecule has 2 N–H and O–H groups in total. The Hall–Kier alpha value is -3.44. The van der Waals surface area contributed by atoms with Gasteiger partial charge in [-0.05, 0) is 55.5 Å². The monoisotopic (exact) mass is 413 g/mol. The summed E-state index contributed by atoms with van der Waals surface area (Å²) in [5, 5.41) is 16.8. The summed E-state index contributed by atoms with van der Waals surface area (Å²) in [7, 11) is 0. The van der Waals surface area contributed by atoms with Crippen molar-refractivity contribution in [2.75, 3.05) is 36.4 Å². The van der Waals surface area contributed by atoms with E-state index in [1.54, 1.807) is 16.8 Å². The van der Waals surface area contributed by atoms with Gasteiger partial charge in [0.2, 0.25) is 5.95 Å². The molecule has 3 aromatic rings. The Labute approximate surface area is 179 Å². The second-order valence-electron chi connectivity index (χ2n) is 8.89. The number of pyridine rings is 1. The van der Waals surface area contributed by atoms with E-state index in [4.69, 9.17) is 4.98 Å². The molecule has 1 aliphatic heterocycles. The van der Waals surface area contributed by atoms with E-state index in [0.29, 0.717) is 17.5 Å². The molecule has 0 spiro atoms. The van der Waals surface area contributed by atoms with Crippen LogP contribution in [0.4, 0.5) is 17.3 Å². The Morgan fingerprint density at radius 3 is 2.55 bits per heavy atom. The van der Waals surface area contributed by atoms with Crippen molar-refractivity contribution in [3.63, 3.8) is 0 Å². The third-order valence-electron chi connectivity index (χ3n) is 6.95. The van der Waals surface area contributed by atoms with Gasteiger partial charge < -0.3 is 15.5 Å². The van der Waals surface area contributed by atoms with Crippen LogP contribution in [0.5, 0.6) is 0 Å². The van der Waals surface area contributed by atoms with Crippen LogP contribution in [-0.2, 0) is 5.54 Å². The van der Waals surface area contributed by atoms with E-state index >= 15 is 0 Å². The summed E-state index contributed by atoms with van der Waals surface area (Å²) in [4.78, 5) is 24.5. The smallest absolute Gasteiger partial charge is 0.270 e. The van der Waals surface area contributed by atoms with E-state index in [9.17, 15) is 10.1 Å². The van der Waals surface area contributed by atoms with Gasteiger partial charge in [0.15, 0.2) is 0 Å². The van der Waals surface area contributed by atoms with Crippen LogP contribution in [0.3, 0.4) is 0 Å². The largest absolute Gasteiger partial charge is 0.369 e. The zero-order chi connectivity index (χ0) is 21.0. The molecule has 8 nitrogen and oxygen atoms in total. The maximum absolute atomic E-state index is 13.0. The quantitative estimate of drug-likeness (QED) is 0.677. The third kappa shape index (κ3) is 2.88. The standard InChI is InChI=1S/C23H23N7O/c24-13-16-9-17-14-26-22(28-20(17)30(21(16)31)23-10-15(11-23)12-23)27-18-1-3-19(4-2-18)29-7-5-25-6-8-29/h1-4,9,14-15,25H,5-8,10-12H2,(H,26,27,28). The lowest BCUT2D eigenvalue weighted by molar-refractivity contribution is -0.0884. The van der Waals surface area contributed by atoms with Gasteiger partial charge in [0.1, 0.15) is 17.3 Å². The van der Waals surface area contributed by atoms with Gasteiger partial charge in [-0.2, -0.15) is 10.2 Å². The highest BCUT2D eigenvalue weighted by Crippen LogP contribution is 2.62. The normalized spacial score (nSPS) is 24.2. The molecule has 7 rings (SSSR count). The fourth-order valence-electron chi connectivity index (χ4n) is 5.19. The highest BCUT2D eigenvalue weighted by atomic mass is 16.1. The van der Waals surface area contributed by atoms with Crippen LogP contribution in [0.1, 0.15) is 24.8 Å². The molecule has 0 amide bonds. The maximum atomic E-state index is 13.0. The van der Waals surface area contributed by atoms with Crippen molar-refractivity contribution in [3.8, 4) is 6.07 Å². The highest BCUT2D eigenvalue weighted by molar-refractivity contribution is 5.78. The van der Waals surface area contributed by atoms with Crippen LogP contribution in [0.25, 0.3) is 11.0 Å². The topological polar surface area (TPSA) is 98.9 Å². The van der Waals surface area contributed by atoms with E-state index in [-0.39, 0.29) is 16.7 Å². The number of hydrogen-bond donors (Lipinski definition) is 2. The first-order valence-electron chi connectivity index (χ1n) is 10.8. The summed E-state index contributed by atoms with van der Waals surface area (Å²) in [6.45, 7) is 4.02. The van der Waals surface area contributed by atoms with Crippen molar-refractivity contribution in [3.05, 3.63) is 52.4 Å². The Kier molecular flexibility index (Phi) is 4.02. The molecular weight excluding hydrogens is 390 g/mol. The molecule has 4 aliphatic rings. The fraction of sp³-hybridized carbons (Fsp3) is 0.391. The molecule has 0 unspecified atom stereocenters. The minimum atomic E-state index is -0.238. The van der Waals surface area contributed by atoms with Crippen LogP contribution < -0.4 is 21.1 Å². The number of piperazine rings is 1. The van der Waals surface area contributed by atoms with Crippen LogP contribution in [0.2, 0.25) is 0 Å². The van der Waals surface area contributed by atoms with Crippen molar-refractivity contribution >= 4 is 28.4 Å². The molecule has 2 aromatic heterocycles. The SMILES string of the molecule is N#Cc1cc2cnc(Nc3ccc(N4CCNCC4)cc3)nc2n(C23CC(C2)C3)c1=O. The molecular formula is C23H23N7O. The van der Waals surface area contributed by atoms with Gasteiger partial charge in [-0.25, -0.2) is 4.98 Å². The summed E-state index contributed by atoms with van der Waals surface area (Å²) in [6, 6.07) is 11.9. The molecule has 3 heterocycles. The van der Waals surface area contributed by atoms with Gasteiger partial charge in [0.05, 0.1) is 5.54 Å². The number of nitrogens with one attached hydrogen (secondary N) is 2. The molecule has 3 saturated carbocycles. The van der Waals surface area contributed by atoms with E-state index in [0.717, 1.165) is 56.5 Å². The van der Waals surface area contributed by atoms with Gasteiger partial charge >= 0.3 is 0 Å². The number of hydrogen-bond acceptors (Lipinski definition) is 7. The third-order valence-corrected chi connectivity index (χ3v) is 6.95. The lowest BCUT2D eigenvalue weighted by Crippen LogP contribution is -2.62. The van der Waals surface area contributed by atoms with Gasteiger partial charge in [0, 0.05) is 49.1 Å². The molecule has 1 aromatic carbocycles. The maximum Gasteiger partial charge on any atom is 0.270 e. The summed E-state index contributed by atoms with van der Waals surface area (Å²) < 4.78 is 1.77. The Bertz CT molecular complexity index is 1250. The van der Waals surface area contributed by atoms with Crippen molar-refractivity contribution in [1.29, 1.82) is 5.26 Å². The highest BCUT2D eigenvalue weighted by Gasteiger charge is 2.59. The first kappa shape index (κ1) is 18.3. The first-order valence-corrected chi connectivity index (χ1v) is 10.8. The number of nitrogens with zero attached hydrogens (tertiary/aromatic N) is 5. The van der Waals surface area contributed by atoms with Gasteiger partial charge in [-0.1, -0.05) is 0 Å². The molecule has 31 heavy (non-hydrogen) atoms. The molecule has 8 heteroatoms. The van der Waals surface area contributed by atoms with Crippen LogP contribution in [0, 0.1) is 17.2 Å². The van der Waals surface area contributed by atoms with Crippen molar-refractivity contribution < 1.29 is 0 Å². The molecule has 1 saturated heterocycles. The number of anilines is 3. The minimum absolute atomic E-state index is 0.157. The van der Waals surface area contributed by atoms with E-state index in [1.807, 2.05) is 18.2 Å². The van der Waals surface area contributed by atoms with Gasteiger partial charge in [-0.3, -0.25) is 9.36 Å². The van der Waals surface area contributed by atoms with E-state index in [2.05, 4.69) is 32.7 Å². The summed E-state index contributed by atoms with van der Waals surface area (Å²) in [5.41, 5.74) is 2.46. The van der Waals surface area contributed by atoms with Crippen molar-refractivity contribution in [2.24, 2.45) is 5.92 Å². The number of aromatic nitrogens is 3. The Morgan fingerprint density at radius 2 is 1.90 bits per heavy atom. The lowest BCUT2D eigenvalue weighted by Gasteiger charge is -2.62. The zero-order valence-electron chi connectivity index (χ0n) is 17.1. The average molecular weight is 413 g/mol. The van der Waals surface area contributed by atoms with Crippen LogP contribution in [-0.4, -0.2) is 40.7 Å². The first-order chi connectivity index (χ1) is 15.1. The fourth-order valence-corrected chi connectivity index (χ4v) is 5.19. The summed E-state index contributed by atoms with van der Waals surface area (Å²) in [5.74, 6) is 1.16. The van der Waals surface area contributed by atoms with Gasteiger partial charge in [0.25, 0.3) is 5.56 Å². The number of fused-ring (bicyclic) bond motifs is 1. The second-order valence-corrected chi connectivity index (χ2v) is 8.89. The molecule has 2 bridgehead atoms. The van der Waals surface area contributed by atoms with Crippen molar-refractivity contribution in [2.45, 2.75) is 24.8 Å². The zero-order valence-corrected chi connectivity index (χ0v) is 17.1. The van der Waals surface area contributed by atoms with Crippen molar-refractivity contribution in [1.82, 2.24) is 19.9 Å². The predicted octanol–water partition coefficient (Wildman–Crippen LogP) is 2.33. The second kappa shape index (κ2) is 6.79. The Balaban J connectivity index is 1.33. The number of rotatable bonds is 4. The van der Waals surface area contributed by atoms with Crippen LogP contribution in [0.15, 0.2) is 41.3 Å². The lowest BCUT2D eigenvalue weighted by atomic mass is 9.49. The number of benzene rings is 1. The molecule has 156 valence electrons.